The molecule has 3 atom stereocenters. The fourth-order valence-corrected chi connectivity index (χ4v) is 4.02. The van der Waals surface area contributed by atoms with Gasteiger partial charge in [-0.2, -0.15) is 0 Å². The van der Waals surface area contributed by atoms with E-state index >= 15 is 0 Å². The number of carbonyl (C=O) groups excluding carboxylic acids is 1. The fourth-order valence-electron chi connectivity index (χ4n) is 4.02. The van der Waals surface area contributed by atoms with Crippen LogP contribution in [0.25, 0.3) is 0 Å². The second kappa shape index (κ2) is 4.91. The first-order valence-electron chi connectivity index (χ1n) is 7.25. The molecule has 0 N–H and O–H groups in total. The van der Waals surface area contributed by atoms with Crippen molar-refractivity contribution < 1.29 is 19.0 Å². The van der Waals surface area contributed by atoms with E-state index in [1.807, 2.05) is 0 Å². The fraction of sp³-hybridized carbons (Fsp3) is 0.800. The SMILES string of the molecule is CCC1=CC(C(=O)OC)[C@H]2CCC3(OCCO3)[C@@H]2C1. The summed E-state index contributed by atoms with van der Waals surface area (Å²) in [5.41, 5.74) is 1.33. The molecule has 1 saturated carbocycles. The summed E-state index contributed by atoms with van der Waals surface area (Å²) in [6.07, 6.45) is 5.99. The van der Waals surface area contributed by atoms with Crippen LogP contribution in [0.5, 0.6) is 0 Å². The van der Waals surface area contributed by atoms with Crippen molar-refractivity contribution in [1.82, 2.24) is 0 Å². The largest absolute Gasteiger partial charge is 0.469 e. The lowest BCUT2D eigenvalue weighted by atomic mass is 9.73. The highest BCUT2D eigenvalue weighted by Gasteiger charge is 2.56. The molecule has 0 bridgehead atoms. The Labute approximate surface area is 114 Å². The maximum atomic E-state index is 12.0. The maximum absolute atomic E-state index is 12.0. The first-order valence-corrected chi connectivity index (χ1v) is 7.25. The molecule has 2 aliphatic carbocycles. The van der Waals surface area contributed by atoms with Gasteiger partial charge in [0.15, 0.2) is 5.79 Å². The van der Waals surface area contributed by atoms with Gasteiger partial charge in [-0.25, -0.2) is 0 Å². The van der Waals surface area contributed by atoms with Crippen LogP contribution < -0.4 is 0 Å². The molecule has 1 unspecified atom stereocenters. The van der Waals surface area contributed by atoms with Gasteiger partial charge in [-0.05, 0) is 25.2 Å². The van der Waals surface area contributed by atoms with E-state index in [0.717, 1.165) is 25.7 Å². The smallest absolute Gasteiger partial charge is 0.312 e. The molecular formula is C15H22O4. The van der Waals surface area contributed by atoms with Crippen molar-refractivity contribution in [3.8, 4) is 0 Å². The zero-order valence-corrected chi connectivity index (χ0v) is 11.7. The molecule has 106 valence electrons. The van der Waals surface area contributed by atoms with Crippen molar-refractivity contribution in [2.45, 2.75) is 38.4 Å². The number of carbonyl (C=O) groups is 1. The summed E-state index contributed by atoms with van der Waals surface area (Å²) in [6.45, 7) is 3.49. The first-order chi connectivity index (χ1) is 9.20. The van der Waals surface area contributed by atoms with Gasteiger partial charge in [-0.3, -0.25) is 4.79 Å². The summed E-state index contributed by atoms with van der Waals surface area (Å²) >= 11 is 0. The van der Waals surface area contributed by atoms with Crippen LogP contribution in [0.3, 0.4) is 0 Å². The molecule has 1 heterocycles. The average molecular weight is 266 g/mol. The van der Waals surface area contributed by atoms with Crippen LogP contribution in [-0.2, 0) is 19.0 Å². The molecule has 1 spiro atoms. The van der Waals surface area contributed by atoms with Gasteiger partial charge in [-0.15, -0.1) is 0 Å². The minimum atomic E-state index is -0.425. The second-order valence-corrected chi connectivity index (χ2v) is 5.75. The Morgan fingerprint density at radius 2 is 2.21 bits per heavy atom. The van der Waals surface area contributed by atoms with E-state index in [9.17, 15) is 4.79 Å². The van der Waals surface area contributed by atoms with E-state index in [1.165, 1.54) is 12.7 Å². The van der Waals surface area contributed by atoms with Crippen molar-refractivity contribution in [2.75, 3.05) is 20.3 Å². The molecule has 1 aliphatic heterocycles. The molecular weight excluding hydrogens is 244 g/mol. The van der Waals surface area contributed by atoms with Gasteiger partial charge in [0.05, 0.1) is 26.2 Å². The Bertz CT molecular complexity index is 395. The molecule has 0 aromatic rings. The first kappa shape index (κ1) is 13.1. The van der Waals surface area contributed by atoms with E-state index in [2.05, 4.69) is 13.0 Å². The van der Waals surface area contributed by atoms with Crippen molar-refractivity contribution in [1.29, 1.82) is 0 Å². The molecule has 1 saturated heterocycles. The second-order valence-electron chi connectivity index (χ2n) is 5.75. The number of ether oxygens (including phenoxy) is 3. The number of hydrogen-bond acceptors (Lipinski definition) is 4. The molecule has 0 aromatic carbocycles. The Kier molecular flexibility index (Phi) is 3.39. The van der Waals surface area contributed by atoms with Gasteiger partial charge in [0.25, 0.3) is 0 Å². The average Bonchev–Trinajstić information content (AvgIpc) is 3.06. The molecule has 4 heteroatoms. The quantitative estimate of drug-likeness (QED) is 0.568. The topological polar surface area (TPSA) is 44.8 Å². The van der Waals surface area contributed by atoms with E-state index in [4.69, 9.17) is 14.2 Å². The maximum Gasteiger partial charge on any atom is 0.312 e. The lowest BCUT2D eigenvalue weighted by molar-refractivity contribution is -0.189. The van der Waals surface area contributed by atoms with Crippen LogP contribution in [0.1, 0.15) is 32.6 Å². The van der Waals surface area contributed by atoms with Crippen LogP contribution in [0.2, 0.25) is 0 Å². The number of allylic oxidation sites excluding steroid dienone is 1. The summed E-state index contributed by atoms with van der Waals surface area (Å²) < 4.78 is 16.8. The van der Waals surface area contributed by atoms with Crippen LogP contribution in [0.4, 0.5) is 0 Å². The predicted octanol–water partition coefficient (Wildman–Crippen LogP) is 2.29. The highest BCUT2D eigenvalue weighted by molar-refractivity contribution is 5.75. The van der Waals surface area contributed by atoms with Crippen LogP contribution in [0, 0.1) is 17.8 Å². The normalized spacial score (nSPS) is 36.1. The number of methoxy groups -OCH3 is 1. The van der Waals surface area contributed by atoms with Crippen molar-refractivity contribution in [3.05, 3.63) is 11.6 Å². The van der Waals surface area contributed by atoms with Crippen molar-refractivity contribution >= 4 is 5.97 Å². The third kappa shape index (κ3) is 2.01. The number of fused-ring (bicyclic) bond motifs is 2. The molecule has 3 aliphatic rings. The minimum Gasteiger partial charge on any atom is -0.469 e. The molecule has 4 nitrogen and oxygen atoms in total. The van der Waals surface area contributed by atoms with Gasteiger partial charge in [0, 0.05) is 12.3 Å². The van der Waals surface area contributed by atoms with E-state index in [0.29, 0.717) is 25.0 Å². The Hall–Kier alpha value is -0.870. The van der Waals surface area contributed by atoms with Gasteiger partial charge in [0.2, 0.25) is 0 Å². The predicted molar refractivity (Wildman–Crippen MR) is 69.3 cm³/mol. The number of esters is 1. The standard InChI is InChI=1S/C15H22O4/c1-3-10-8-12(14(16)17-2)11-4-5-15(13(11)9-10)18-6-7-19-15/h8,11-13H,3-7,9H2,1-2H3/t11-,12?,13-/m1/s1. The van der Waals surface area contributed by atoms with E-state index < -0.39 is 5.79 Å². The van der Waals surface area contributed by atoms with Gasteiger partial charge < -0.3 is 14.2 Å². The molecule has 19 heavy (non-hydrogen) atoms. The third-order valence-electron chi connectivity index (χ3n) is 4.97. The molecule has 0 radical (unpaired) electrons. The highest BCUT2D eigenvalue weighted by Crippen LogP contribution is 2.54. The van der Waals surface area contributed by atoms with Crippen LogP contribution in [-0.4, -0.2) is 32.1 Å². The zero-order valence-electron chi connectivity index (χ0n) is 11.7. The lowest BCUT2D eigenvalue weighted by Crippen LogP contribution is -2.41. The molecule has 3 rings (SSSR count). The van der Waals surface area contributed by atoms with Gasteiger partial charge in [0.1, 0.15) is 0 Å². The van der Waals surface area contributed by atoms with Crippen LogP contribution >= 0.6 is 0 Å². The monoisotopic (exact) mass is 266 g/mol. The molecule has 2 fully saturated rings. The number of rotatable bonds is 2. The zero-order chi connectivity index (χ0) is 13.5. The molecule has 0 aromatic heterocycles. The van der Waals surface area contributed by atoms with E-state index in [-0.39, 0.29) is 11.9 Å². The van der Waals surface area contributed by atoms with Crippen molar-refractivity contribution in [2.24, 2.45) is 17.8 Å². The summed E-state index contributed by atoms with van der Waals surface area (Å²) in [6, 6.07) is 0. The minimum absolute atomic E-state index is 0.115. The molecule has 0 amide bonds. The number of hydrogen-bond donors (Lipinski definition) is 0. The van der Waals surface area contributed by atoms with E-state index in [1.54, 1.807) is 0 Å². The Balaban J connectivity index is 1.90. The third-order valence-corrected chi connectivity index (χ3v) is 4.97. The lowest BCUT2D eigenvalue weighted by Gasteiger charge is -2.37. The Morgan fingerprint density at radius 3 is 2.84 bits per heavy atom. The summed E-state index contributed by atoms with van der Waals surface area (Å²) in [7, 11) is 1.47. The van der Waals surface area contributed by atoms with Gasteiger partial charge in [-0.1, -0.05) is 18.6 Å². The van der Waals surface area contributed by atoms with Crippen molar-refractivity contribution in [3.63, 3.8) is 0 Å². The highest BCUT2D eigenvalue weighted by atomic mass is 16.7. The summed E-state index contributed by atoms with van der Waals surface area (Å²) in [5.74, 6) is -0.0486. The Morgan fingerprint density at radius 1 is 1.47 bits per heavy atom. The summed E-state index contributed by atoms with van der Waals surface area (Å²) in [5, 5.41) is 0. The van der Waals surface area contributed by atoms with Crippen LogP contribution in [0.15, 0.2) is 11.6 Å². The summed E-state index contributed by atoms with van der Waals surface area (Å²) in [4.78, 5) is 12.0. The van der Waals surface area contributed by atoms with Gasteiger partial charge >= 0.3 is 5.97 Å².